The second-order valence-corrected chi connectivity index (χ2v) is 7.32. The molecule has 3 saturated carbocycles. The number of nitrogens with one attached hydrogen (secondary N) is 1. The molecule has 0 aliphatic heterocycles. The fraction of sp³-hybridized carbons (Fsp3) is 1.00. The van der Waals surface area contributed by atoms with Gasteiger partial charge in [0.05, 0.1) is 0 Å². The Balaban J connectivity index is 1.73. The molecule has 16 heavy (non-hydrogen) atoms. The number of rotatable bonds is 3. The average Bonchev–Trinajstić information content (AvgIpc) is 2.45. The van der Waals surface area contributed by atoms with Crippen LogP contribution in [0.4, 0.5) is 0 Å². The lowest BCUT2D eigenvalue weighted by molar-refractivity contribution is 0.117. The highest BCUT2D eigenvalue weighted by atomic mass is 15.0. The summed E-state index contributed by atoms with van der Waals surface area (Å²) in [5.41, 5.74) is 0.347. The van der Waals surface area contributed by atoms with Crippen molar-refractivity contribution in [1.82, 2.24) is 5.32 Å². The molecule has 0 aromatic rings. The molecule has 0 heterocycles. The van der Waals surface area contributed by atoms with Gasteiger partial charge in [-0.3, -0.25) is 0 Å². The predicted molar refractivity (Wildman–Crippen MR) is 68.3 cm³/mol. The van der Waals surface area contributed by atoms with Crippen LogP contribution in [0.2, 0.25) is 0 Å². The largest absolute Gasteiger partial charge is 0.309 e. The van der Waals surface area contributed by atoms with Gasteiger partial charge in [0.2, 0.25) is 0 Å². The van der Waals surface area contributed by atoms with E-state index in [-0.39, 0.29) is 0 Å². The molecule has 3 rings (SSSR count). The lowest BCUT2D eigenvalue weighted by Crippen LogP contribution is -2.52. The van der Waals surface area contributed by atoms with Crippen LogP contribution in [0.15, 0.2) is 0 Å². The predicted octanol–water partition coefficient (Wildman–Crippen LogP) is 3.59. The van der Waals surface area contributed by atoms with Crippen LogP contribution in [0.25, 0.3) is 0 Å². The zero-order valence-electron chi connectivity index (χ0n) is 11.1. The highest BCUT2D eigenvalue weighted by Gasteiger charge is 2.49. The Morgan fingerprint density at radius 2 is 1.69 bits per heavy atom. The SMILES string of the molecule is CCC(C)(C)NC1CC2CC3CC(C2)C1C3. The Morgan fingerprint density at radius 3 is 2.38 bits per heavy atom. The third-order valence-corrected chi connectivity index (χ3v) is 5.71. The van der Waals surface area contributed by atoms with E-state index < -0.39 is 0 Å². The lowest BCUT2D eigenvalue weighted by atomic mass is 9.69. The summed E-state index contributed by atoms with van der Waals surface area (Å²) in [7, 11) is 0. The summed E-state index contributed by atoms with van der Waals surface area (Å²) in [5, 5.41) is 3.97. The summed E-state index contributed by atoms with van der Waals surface area (Å²) in [6, 6.07) is 0.839. The first kappa shape index (κ1) is 11.1. The van der Waals surface area contributed by atoms with Crippen LogP contribution in [0.3, 0.4) is 0 Å². The molecule has 0 aromatic heterocycles. The molecule has 92 valence electrons. The summed E-state index contributed by atoms with van der Waals surface area (Å²) in [4.78, 5) is 0. The molecule has 0 spiro atoms. The molecule has 0 saturated heterocycles. The van der Waals surface area contributed by atoms with Crippen molar-refractivity contribution >= 4 is 0 Å². The number of hydrogen-bond acceptors (Lipinski definition) is 1. The van der Waals surface area contributed by atoms with E-state index in [1.807, 2.05) is 0 Å². The molecule has 3 fully saturated rings. The molecule has 0 aromatic carbocycles. The van der Waals surface area contributed by atoms with E-state index in [2.05, 4.69) is 26.1 Å². The second kappa shape index (κ2) is 3.73. The van der Waals surface area contributed by atoms with Gasteiger partial charge in [-0.15, -0.1) is 0 Å². The molecule has 3 bridgehead atoms. The summed E-state index contributed by atoms with van der Waals surface area (Å²) >= 11 is 0. The quantitative estimate of drug-likeness (QED) is 0.768. The number of hydrogen-bond donors (Lipinski definition) is 1. The molecule has 1 nitrogen and oxygen atoms in total. The van der Waals surface area contributed by atoms with Crippen LogP contribution in [-0.2, 0) is 0 Å². The van der Waals surface area contributed by atoms with E-state index in [9.17, 15) is 0 Å². The Labute approximate surface area is 100 Å². The zero-order valence-corrected chi connectivity index (χ0v) is 11.1. The summed E-state index contributed by atoms with van der Waals surface area (Å²) in [5.74, 6) is 4.27. The molecule has 3 aliphatic carbocycles. The maximum absolute atomic E-state index is 3.97. The Bertz CT molecular complexity index is 269. The van der Waals surface area contributed by atoms with Gasteiger partial charge in [-0.1, -0.05) is 6.92 Å². The van der Waals surface area contributed by atoms with Gasteiger partial charge in [-0.05, 0) is 76.0 Å². The number of fused-ring (bicyclic) bond motifs is 2. The first-order chi connectivity index (χ1) is 7.57. The van der Waals surface area contributed by atoms with Crippen molar-refractivity contribution in [3.8, 4) is 0 Å². The Morgan fingerprint density at radius 1 is 1.00 bits per heavy atom. The van der Waals surface area contributed by atoms with E-state index in [1.54, 1.807) is 25.7 Å². The van der Waals surface area contributed by atoms with Crippen molar-refractivity contribution in [3.63, 3.8) is 0 Å². The molecule has 1 heteroatoms. The molecular weight excluding hydrogens is 194 g/mol. The summed E-state index contributed by atoms with van der Waals surface area (Å²) in [6.45, 7) is 7.05. The van der Waals surface area contributed by atoms with Crippen molar-refractivity contribution in [2.45, 2.75) is 70.9 Å². The molecule has 5 atom stereocenters. The Kier molecular flexibility index (Phi) is 2.58. The fourth-order valence-electron chi connectivity index (χ4n) is 4.72. The van der Waals surface area contributed by atoms with Crippen LogP contribution in [-0.4, -0.2) is 11.6 Å². The normalized spacial score (nSPS) is 46.3. The maximum Gasteiger partial charge on any atom is 0.0125 e. The van der Waals surface area contributed by atoms with Crippen molar-refractivity contribution < 1.29 is 0 Å². The molecular formula is C15H27N. The first-order valence-corrected chi connectivity index (χ1v) is 7.35. The van der Waals surface area contributed by atoms with Crippen molar-refractivity contribution in [1.29, 1.82) is 0 Å². The maximum atomic E-state index is 3.97. The highest BCUT2D eigenvalue weighted by Crippen LogP contribution is 2.55. The molecule has 5 unspecified atom stereocenters. The van der Waals surface area contributed by atoms with Crippen LogP contribution in [0, 0.1) is 23.7 Å². The minimum absolute atomic E-state index is 0.347. The van der Waals surface area contributed by atoms with Gasteiger partial charge in [0, 0.05) is 11.6 Å². The van der Waals surface area contributed by atoms with Gasteiger partial charge in [-0.2, -0.15) is 0 Å². The van der Waals surface area contributed by atoms with Gasteiger partial charge < -0.3 is 5.32 Å². The summed E-state index contributed by atoms with van der Waals surface area (Å²) < 4.78 is 0. The zero-order chi connectivity index (χ0) is 11.3. The summed E-state index contributed by atoms with van der Waals surface area (Å²) in [6.07, 6.45) is 8.93. The standard InChI is InChI=1S/C15H27N/c1-4-15(2,3)16-14-9-11-5-10-6-12(7-11)13(14)8-10/h10-14,16H,4-9H2,1-3H3. The minimum atomic E-state index is 0.347. The van der Waals surface area contributed by atoms with Crippen LogP contribution in [0.5, 0.6) is 0 Å². The molecule has 0 amide bonds. The second-order valence-electron chi connectivity index (χ2n) is 7.32. The molecule has 0 radical (unpaired) electrons. The van der Waals surface area contributed by atoms with Crippen molar-refractivity contribution in [2.24, 2.45) is 23.7 Å². The van der Waals surface area contributed by atoms with Crippen LogP contribution in [0.1, 0.15) is 59.3 Å². The van der Waals surface area contributed by atoms with E-state index in [0.717, 1.165) is 29.7 Å². The first-order valence-electron chi connectivity index (χ1n) is 7.35. The van der Waals surface area contributed by atoms with Gasteiger partial charge in [0.1, 0.15) is 0 Å². The van der Waals surface area contributed by atoms with Gasteiger partial charge in [-0.25, -0.2) is 0 Å². The average molecular weight is 221 g/mol. The van der Waals surface area contributed by atoms with Crippen molar-refractivity contribution in [2.75, 3.05) is 0 Å². The van der Waals surface area contributed by atoms with E-state index >= 15 is 0 Å². The lowest BCUT2D eigenvalue weighted by Gasteiger charge is -2.43. The van der Waals surface area contributed by atoms with Gasteiger partial charge >= 0.3 is 0 Å². The van der Waals surface area contributed by atoms with Gasteiger partial charge in [0.25, 0.3) is 0 Å². The minimum Gasteiger partial charge on any atom is -0.309 e. The molecule has 1 N–H and O–H groups in total. The van der Waals surface area contributed by atoms with E-state index in [0.29, 0.717) is 5.54 Å². The third kappa shape index (κ3) is 1.81. The highest BCUT2D eigenvalue weighted by molar-refractivity contribution is 5.02. The van der Waals surface area contributed by atoms with Crippen LogP contribution < -0.4 is 5.32 Å². The Hall–Kier alpha value is -0.0400. The topological polar surface area (TPSA) is 12.0 Å². The fourth-order valence-corrected chi connectivity index (χ4v) is 4.72. The van der Waals surface area contributed by atoms with E-state index in [4.69, 9.17) is 0 Å². The van der Waals surface area contributed by atoms with Crippen molar-refractivity contribution in [3.05, 3.63) is 0 Å². The molecule has 3 aliphatic rings. The third-order valence-electron chi connectivity index (χ3n) is 5.71. The van der Waals surface area contributed by atoms with Crippen LogP contribution >= 0.6 is 0 Å². The van der Waals surface area contributed by atoms with Gasteiger partial charge in [0.15, 0.2) is 0 Å². The monoisotopic (exact) mass is 221 g/mol. The smallest absolute Gasteiger partial charge is 0.0125 e. The van der Waals surface area contributed by atoms with E-state index in [1.165, 1.54) is 12.8 Å².